The van der Waals surface area contributed by atoms with Crippen LogP contribution >= 0.6 is 0 Å². The smallest absolute Gasteiger partial charge is 0.407 e. The molecule has 2 aliphatic heterocycles. The zero-order chi connectivity index (χ0) is 19.0. The summed E-state index contributed by atoms with van der Waals surface area (Å²) in [5.41, 5.74) is 2.89. The van der Waals surface area contributed by atoms with E-state index in [0.717, 1.165) is 61.6 Å². The SMILES string of the molecule is O=C1NCC2(CCCN(Cc3c(-c4ccccc4)nc4ncccn34)CC2)O1. The van der Waals surface area contributed by atoms with Crippen LogP contribution in [0.3, 0.4) is 0 Å². The van der Waals surface area contributed by atoms with Gasteiger partial charge < -0.3 is 10.1 Å². The molecule has 2 aliphatic rings. The van der Waals surface area contributed by atoms with Gasteiger partial charge in [0.1, 0.15) is 5.60 Å². The van der Waals surface area contributed by atoms with Gasteiger partial charge in [-0.05, 0) is 25.5 Å². The van der Waals surface area contributed by atoms with Crippen LogP contribution in [-0.4, -0.2) is 50.6 Å². The first-order chi connectivity index (χ1) is 13.7. The van der Waals surface area contributed by atoms with Crippen LogP contribution in [0.2, 0.25) is 0 Å². The molecular weight excluding hydrogens is 354 g/mol. The molecule has 4 heterocycles. The Labute approximate surface area is 163 Å². The van der Waals surface area contributed by atoms with Crippen LogP contribution in [-0.2, 0) is 11.3 Å². The van der Waals surface area contributed by atoms with Gasteiger partial charge in [0.25, 0.3) is 0 Å². The number of aromatic nitrogens is 3. The van der Waals surface area contributed by atoms with Crippen molar-refractivity contribution in [1.29, 1.82) is 0 Å². The Balaban J connectivity index is 1.44. The van der Waals surface area contributed by atoms with Crippen molar-refractivity contribution < 1.29 is 9.53 Å². The Morgan fingerprint density at radius 3 is 2.86 bits per heavy atom. The lowest BCUT2D eigenvalue weighted by molar-refractivity contribution is 0.0443. The average Bonchev–Trinajstić information content (AvgIpc) is 3.20. The zero-order valence-corrected chi connectivity index (χ0v) is 15.7. The van der Waals surface area contributed by atoms with Crippen molar-refractivity contribution in [3.8, 4) is 11.3 Å². The van der Waals surface area contributed by atoms with Gasteiger partial charge in [0.05, 0.1) is 17.9 Å². The molecule has 1 unspecified atom stereocenters. The van der Waals surface area contributed by atoms with Gasteiger partial charge in [-0.25, -0.2) is 14.8 Å². The Bertz CT molecular complexity index is 1000. The second-order valence-electron chi connectivity index (χ2n) is 7.62. The van der Waals surface area contributed by atoms with E-state index in [1.807, 2.05) is 30.5 Å². The number of likely N-dealkylation sites (tertiary alicyclic amines) is 1. The van der Waals surface area contributed by atoms with Crippen molar-refractivity contribution in [3.05, 3.63) is 54.5 Å². The van der Waals surface area contributed by atoms with Crippen molar-refractivity contribution in [2.75, 3.05) is 19.6 Å². The number of imidazole rings is 1. The summed E-state index contributed by atoms with van der Waals surface area (Å²) >= 11 is 0. The highest BCUT2D eigenvalue weighted by Crippen LogP contribution is 2.31. The van der Waals surface area contributed by atoms with Gasteiger partial charge >= 0.3 is 6.09 Å². The molecule has 3 aromatic rings. The molecule has 2 aromatic heterocycles. The number of rotatable bonds is 3. The summed E-state index contributed by atoms with van der Waals surface area (Å²) < 4.78 is 7.70. The van der Waals surface area contributed by atoms with Gasteiger partial charge in [-0.1, -0.05) is 30.3 Å². The summed E-state index contributed by atoms with van der Waals surface area (Å²) in [5.74, 6) is 0.719. The van der Waals surface area contributed by atoms with Crippen LogP contribution in [0.4, 0.5) is 4.79 Å². The van der Waals surface area contributed by atoms with Crippen molar-refractivity contribution in [2.24, 2.45) is 0 Å². The largest absolute Gasteiger partial charge is 0.441 e. The second-order valence-corrected chi connectivity index (χ2v) is 7.62. The lowest BCUT2D eigenvalue weighted by Crippen LogP contribution is -2.34. The predicted molar refractivity (Wildman–Crippen MR) is 105 cm³/mol. The molecule has 1 amide bonds. The van der Waals surface area contributed by atoms with E-state index in [4.69, 9.17) is 9.72 Å². The van der Waals surface area contributed by atoms with Crippen LogP contribution in [0.15, 0.2) is 48.8 Å². The maximum Gasteiger partial charge on any atom is 0.407 e. The van der Waals surface area contributed by atoms with Crippen LogP contribution in [0.5, 0.6) is 0 Å². The molecule has 0 aliphatic carbocycles. The Morgan fingerprint density at radius 2 is 2.04 bits per heavy atom. The van der Waals surface area contributed by atoms with Crippen molar-refractivity contribution in [3.63, 3.8) is 0 Å². The van der Waals surface area contributed by atoms with E-state index in [1.54, 1.807) is 6.20 Å². The van der Waals surface area contributed by atoms with Crippen molar-refractivity contribution >= 4 is 11.9 Å². The lowest BCUT2D eigenvalue weighted by atomic mass is 9.95. The third-order valence-electron chi connectivity index (χ3n) is 5.78. The Morgan fingerprint density at radius 1 is 1.14 bits per heavy atom. The summed E-state index contributed by atoms with van der Waals surface area (Å²) in [6.07, 6.45) is 6.28. The third kappa shape index (κ3) is 3.11. The maximum absolute atomic E-state index is 11.5. The number of carbonyl (C=O) groups excluding carboxylic acids is 1. The number of amides is 1. The topological polar surface area (TPSA) is 71.8 Å². The lowest BCUT2D eigenvalue weighted by Gasteiger charge is -2.25. The van der Waals surface area contributed by atoms with E-state index in [1.165, 1.54) is 0 Å². The van der Waals surface area contributed by atoms with Gasteiger partial charge in [0.15, 0.2) is 0 Å². The summed E-state index contributed by atoms with van der Waals surface area (Å²) in [6, 6.07) is 12.2. The van der Waals surface area contributed by atoms with E-state index in [2.05, 4.69) is 31.7 Å². The molecule has 1 aromatic carbocycles. The number of ether oxygens (including phenoxy) is 1. The molecule has 1 spiro atoms. The van der Waals surface area contributed by atoms with Crippen LogP contribution < -0.4 is 5.32 Å². The number of alkyl carbamates (subject to hydrolysis) is 1. The standard InChI is InChI=1S/C21H23N5O2/c27-20-23-15-21(28-20)8-4-11-25(13-9-21)14-17-18(16-6-2-1-3-7-16)24-19-22-10-5-12-26(17)19/h1-3,5-7,10,12H,4,8-9,11,13-15H2,(H,23,27). The summed E-state index contributed by atoms with van der Waals surface area (Å²) in [5, 5.41) is 2.82. The highest BCUT2D eigenvalue weighted by molar-refractivity contribution is 5.70. The number of benzene rings is 1. The second kappa shape index (κ2) is 6.91. The van der Waals surface area contributed by atoms with Gasteiger partial charge in [0.2, 0.25) is 5.78 Å². The summed E-state index contributed by atoms with van der Waals surface area (Å²) in [4.78, 5) is 23.2. The first-order valence-corrected chi connectivity index (χ1v) is 9.79. The molecule has 0 radical (unpaired) electrons. The average molecular weight is 377 g/mol. The van der Waals surface area contributed by atoms with Crippen molar-refractivity contribution in [2.45, 2.75) is 31.4 Å². The molecule has 5 rings (SSSR count). The number of hydrogen-bond donors (Lipinski definition) is 1. The minimum Gasteiger partial charge on any atom is -0.441 e. The fourth-order valence-corrected chi connectivity index (χ4v) is 4.29. The molecule has 144 valence electrons. The molecular formula is C21H23N5O2. The molecule has 2 fully saturated rings. The molecule has 0 saturated carbocycles. The van der Waals surface area contributed by atoms with Gasteiger partial charge in [-0.3, -0.25) is 9.30 Å². The minimum absolute atomic E-state index is 0.285. The van der Waals surface area contributed by atoms with Crippen LogP contribution in [0.25, 0.3) is 17.0 Å². The molecule has 7 heteroatoms. The first-order valence-electron chi connectivity index (χ1n) is 9.79. The molecule has 1 N–H and O–H groups in total. The predicted octanol–water partition coefficient (Wildman–Crippen LogP) is 2.86. The number of carbonyl (C=O) groups is 1. The third-order valence-corrected chi connectivity index (χ3v) is 5.78. The summed E-state index contributed by atoms with van der Waals surface area (Å²) in [6.45, 7) is 3.26. The normalized spacial score (nSPS) is 22.9. The van der Waals surface area contributed by atoms with E-state index in [-0.39, 0.29) is 11.7 Å². The minimum atomic E-state index is -0.338. The summed E-state index contributed by atoms with van der Waals surface area (Å²) in [7, 11) is 0. The number of nitrogens with one attached hydrogen (secondary N) is 1. The maximum atomic E-state index is 11.5. The highest BCUT2D eigenvalue weighted by Gasteiger charge is 2.41. The fraction of sp³-hybridized carbons (Fsp3) is 0.381. The van der Waals surface area contributed by atoms with Gasteiger partial charge in [-0.15, -0.1) is 0 Å². The monoisotopic (exact) mass is 377 g/mol. The van der Waals surface area contributed by atoms with Gasteiger partial charge in [0, 0.05) is 37.5 Å². The quantitative estimate of drug-likeness (QED) is 0.760. The van der Waals surface area contributed by atoms with E-state index in [0.29, 0.717) is 6.54 Å². The fourth-order valence-electron chi connectivity index (χ4n) is 4.29. The molecule has 0 bridgehead atoms. The van der Waals surface area contributed by atoms with Crippen LogP contribution in [0.1, 0.15) is 25.0 Å². The number of hydrogen-bond acceptors (Lipinski definition) is 5. The van der Waals surface area contributed by atoms with E-state index < -0.39 is 0 Å². The number of fused-ring (bicyclic) bond motifs is 1. The van der Waals surface area contributed by atoms with Gasteiger partial charge in [-0.2, -0.15) is 0 Å². The molecule has 7 nitrogen and oxygen atoms in total. The van der Waals surface area contributed by atoms with Crippen LogP contribution in [0, 0.1) is 0 Å². The molecule has 28 heavy (non-hydrogen) atoms. The van der Waals surface area contributed by atoms with Crippen molar-refractivity contribution in [1.82, 2.24) is 24.6 Å². The molecule has 2 saturated heterocycles. The first kappa shape index (κ1) is 17.2. The Kier molecular flexibility index (Phi) is 4.24. The van der Waals surface area contributed by atoms with E-state index >= 15 is 0 Å². The number of nitrogens with zero attached hydrogens (tertiary/aromatic N) is 4. The zero-order valence-electron chi connectivity index (χ0n) is 15.7. The van der Waals surface area contributed by atoms with E-state index in [9.17, 15) is 4.79 Å². The highest BCUT2D eigenvalue weighted by atomic mass is 16.6. The molecule has 1 atom stereocenters. The Hall–Kier alpha value is -2.93.